The van der Waals surface area contributed by atoms with Gasteiger partial charge in [-0.2, -0.15) is 0 Å². The monoisotopic (exact) mass is 460 g/mol. The molecule has 2 aromatic heterocycles. The summed E-state index contributed by atoms with van der Waals surface area (Å²) in [6.07, 6.45) is -0.331. The number of benzene rings is 1. The highest BCUT2D eigenvalue weighted by molar-refractivity contribution is 7.10. The van der Waals surface area contributed by atoms with Gasteiger partial charge in [-0.05, 0) is 35.0 Å². The summed E-state index contributed by atoms with van der Waals surface area (Å²) >= 11 is 3.26. The lowest BCUT2D eigenvalue weighted by molar-refractivity contribution is 0.0429. The van der Waals surface area contributed by atoms with Crippen LogP contribution in [0, 0.1) is 0 Å². The predicted molar refractivity (Wildman–Crippen MR) is 126 cm³/mol. The lowest BCUT2D eigenvalue weighted by Gasteiger charge is -2.21. The summed E-state index contributed by atoms with van der Waals surface area (Å²) in [5, 5.41) is 4.02. The molecule has 0 fully saturated rings. The molecule has 0 atom stereocenters. The van der Waals surface area contributed by atoms with Crippen LogP contribution in [-0.4, -0.2) is 51.5 Å². The van der Waals surface area contributed by atoms with Gasteiger partial charge in [0.1, 0.15) is 19.0 Å². The van der Waals surface area contributed by atoms with Crippen molar-refractivity contribution in [3.63, 3.8) is 0 Å². The highest BCUT2D eigenvalue weighted by Gasteiger charge is 2.17. The standard InChI is InChI=1S/C23H28N2O4S2/c1-24(2)19-6-3-7-20(16-19)28-12-10-27-11-13-29-23(26)25(17-21-8-4-14-30-21)18-22-9-5-15-31-22/h3-9,14-16H,10-13,17-18H2,1-2H3. The summed E-state index contributed by atoms with van der Waals surface area (Å²) in [4.78, 5) is 18.6. The molecule has 6 nitrogen and oxygen atoms in total. The van der Waals surface area contributed by atoms with E-state index in [1.54, 1.807) is 27.6 Å². The van der Waals surface area contributed by atoms with Crippen molar-refractivity contribution < 1.29 is 19.0 Å². The van der Waals surface area contributed by atoms with Crippen LogP contribution in [0.5, 0.6) is 5.75 Å². The lowest BCUT2D eigenvalue weighted by Crippen LogP contribution is -2.31. The average molecular weight is 461 g/mol. The summed E-state index contributed by atoms with van der Waals surface area (Å²) in [5.41, 5.74) is 1.08. The predicted octanol–water partition coefficient (Wildman–Crippen LogP) is 5.11. The van der Waals surface area contributed by atoms with E-state index in [1.165, 1.54) is 0 Å². The van der Waals surface area contributed by atoms with Crippen LogP contribution in [-0.2, 0) is 22.6 Å². The first-order valence-corrected chi connectivity index (χ1v) is 11.8. The maximum Gasteiger partial charge on any atom is 0.410 e. The van der Waals surface area contributed by atoms with Gasteiger partial charge < -0.3 is 19.1 Å². The average Bonchev–Trinajstić information content (AvgIpc) is 3.47. The molecule has 166 valence electrons. The highest BCUT2D eigenvalue weighted by Crippen LogP contribution is 2.19. The second kappa shape index (κ2) is 12.3. The van der Waals surface area contributed by atoms with Crippen molar-refractivity contribution in [3.8, 4) is 5.75 Å². The zero-order valence-electron chi connectivity index (χ0n) is 17.9. The normalized spacial score (nSPS) is 10.6. The van der Waals surface area contributed by atoms with Crippen LogP contribution in [0.4, 0.5) is 10.5 Å². The zero-order chi connectivity index (χ0) is 21.9. The van der Waals surface area contributed by atoms with Crippen LogP contribution in [0.25, 0.3) is 0 Å². The first-order chi connectivity index (χ1) is 15.1. The Morgan fingerprint density at radius 2 is 1.55 bits per heavy atom. The largest absolute Gasteiger partial charge is 0.491 e. The molecule has 3 rings (SSSR count). The van der Waals surface area contributed by atoms with Gasteiger partial charge >= 0.3 is 6.09 Å². The van der Waals surface area contributed by atoms with Gasteiger partial charge in [0, 0.05) is 35.6 Å². The number of carbonyl (C=O) groups is 1. The van der Waals surface area contributed by atoms with Crippen molar-refractivity contribution in [2.45, 2.75) is 13.1 Å². The van der Waals surface area contributed by atoms with Crippen LogP contribution in [0.1, 0.15) is 9.75 Å². The molecule has 0 saturated heterocycles. The molecule has 0 radical (unpaired) electrons. The molecule has 0 N–H and O–H groups in total. The number of ether oxygens (including phenoxy) is 3. The minimum atomic E-state index is -0.331. The Balaban J connectivity index is 1.35. The maximum absolute atomic E-state index is 12.6. The fourth-order valence-corrected chi connectivity index (χ4v) is 4.26. The number of carbonyl (C=O) groups excluding carboxylic acids is 1. The number of rotatable bonds is 12. The third kappa shape index (κ3) is 7.90. The molecule has 31 heavy (non-hydrogen) atoms. The molecule has 2 heterocycles. The second-order valence-electron chi connectivity index (χ2n) is 6.98. The van der Waals surface area contributed by atoms with Gasteiger partial charge in [-0.3, -0.25) is 4.90 Å². The van der Waals surface area contributed by atoms with Crippen molar-refractivity contribution in [2.24, 2.45) is 0 Å². The lowest BCUT2D eigenvalue weighted by atomic mass is 10.3. The highest BCUT2D eigenvalue weighted by atomic mass is 32.1. The van der Waals surface area contributed by atoms with Gasteiger partial charge in [-0.25, -0.2) is 4.79 Å². The number of nitrogens with zero attached hydrogens (tertiary/aromatic N) is 2. The number of hydrogen-bond donors (Lipinski definition) is 0. The summed E-state index contributed by atoms with van der Waals surface area (Å²) in [6, 6.07) is 15.9. The minimum Gasteiger partial charge on any atom is -0.491 e. The fourth-order valence-electron chi connectivity index (χ4n) is 2.82. The van der Waals surface area contributed by atoms with Crippen molar-refractivity contribution in [1.29, 1.82) is 0 Å². The SMILES string of the molecule is CN(C)c1cccc(OCCOCCOC(=O)N(Cc2cccs2)Cc2cccs2)c1. The molecule has 0 saturated carbocycles. The quantitative estimate of drug-likeness (QED) is 0.352. The molecule has 0 unspecified atom stereocenters. The summed E-state index contributed by atoms with van der Waals surface area (Å²) < 4.78 is 16.7. The summed E-state index contributed by atoms with van der Waals surface area (Å²) in [7, 11) is 3.98. The number of hydrogen-bond acceptors (Lipinski definition) is 7. The Hall–Kier alpha value is -2.55. The first-order valence-electron chi connectivity index (χ1n) is 10.1. The van der Waals surface area contributed by atoms with Crippen molar-refractivity contribution in [3.05, 3.63) is 69.0 Å². The van der Waals surface area contributed by atoms with E-state index in [0.717, 1.165) is 21.2 Å². The molecule has 1 aromatic carbocycles. The van der Waals surface area contributed by atoms with Gasteiger partial charge in [-0.15, -0.1) is 22.7 Å². The van der Waals surface area contributed by atoms with E-state index in [-0.39, 0.29) is 12.7 Å². The fraction of sp³-hybridized carbons (Fsp3) is 0.348. The molecular weight excluding hydrogens is 432 g/mol. The summed E-state index contributed by atoms with van der Waals surface area (Å²) in [5.74, 6) is 0.805. The second-order valence-corrected chi connectivity index (χ2v) is 9.05. The van der Waals surface area contributed by atoms with Crippen molar-refractivity contribution in [1.82, 2.24) is 4.90 Å². The van der Waals surface area contributed by atoms with E-state index in [2.05, 4.69) is 0 Å². The van der Waals surface area contributed by atoms with Crippen LogP contribution in [0.3, 0.4) is 0 Å². The van der Waals surface area contributed by atoms with E-state index in [0.29, 0.717) is 32.9 Å². The third-order valence-corrected chi connectivity index (χ3v) is 6.12. The molecule has 0 bridgehead atoms. The molecule has 0 aliphatic carbocycles. The van der Waals surface area contributed by atoms with Crippen LogP contribution < -0.4 is 9.64 Å². The van der Waals surface area contributed by atoms with E-state index in [4.69, 9.17) is 14.2 Å². The van der Waals surface area contributed by atoms with E-state index < -0.39 is 0 Å². The van der Waals surface area contributed by atoms with Crippen LogP contribution >= 0.6 is 22.7 Å². The molecule has 1 amide bonds. The molecular formula is C23H28N2O4S2. The first kappa shape index (κ1) is 23.1. The molecule has 3 aromatic rings. The van der Waals surface area contributed by atoms with Crippen LogP contribution in [0.15, 0.2) is 59.3 Å². The van der Waals surface area contributed by atoms with Gasteiger partial charge in [0.05, 0.1) is 26.3 Å². The molecule has 0 spiro atoms. The number of amides is 1. The van der Waals surface area contributed by atoms with Gasteiger partial charge in [0.15, 0.2) is 0 Å². The maximum atomic E-state index is 12.6. The topological polar surface area (TPSA) is 51.2 Å². The Kier molecular flexibility index (Phi) is 9.20. The third-order valence-electron chi connectivity index (χ3n) is 4.40. The van der Waals surface area contributed by atoms with Crippen molar-refractivity contribution >= 4 is 34.5 Å². The molecule has 8 heteroatoms. The number of anilines is 1. The van der Waals surface area contributed by atoms with Crippen LogP contribution in [0.2, 0.25) is 0 Å². The zero-order valence-corrected chi connectivity index (χ0v) is 19.5. The van der Waals surface area contributed by atoms with Crippen molar-refractivity contribution in [2.75, 3.05) is 45.4 Å². The number of thiophene rings is 2. The Morgan fingerprint density at radius 3 is 2.16 bits per heavy atom. The molecule has 0 aliphatic heterocycles. The van der Waals surface area contributed by atoms with E-state index in [1.807, 2.05) is 78.3 Å². The van der Waals surface area contributed by atoms with E-state index in [9.17, 15) is 4.79 Å². The van der Waals surface area contributed by atoms with E-state index >= 15 is 0 Å². The Morgan fingerprint density at radius 1 is 0.871 bits per heavy atom. The Bertz CT molecular complexity index is 862. The van der Waals surface area contributed by atoms with Gasteiger partial charge in [-0.1, -0.05) is 18.2 Å². The van der Waals surface area contributed by atoms with Gasteiger partial charge in [0.2, 0.25) is 0 Å². The Labute approximate surface area is 191 Å². The summed E-state index contributed by atoms with van der Waals surface area (Å²) in [6.45, 7) is 2.48. The smallest absolute Gasteiger partial charge is 0.410 e. The molecule has 0 aliphatic rings. The minimum absolute atomic E-state index is 0.209. The van der Waals surface area contributed by atoms with Gasteiger partial charge in [0.25, 0.3) is 0 Å².